The maximum atomic E-state index is 6.44. The molecule has 2 heterocycles. The van der Waals surface area contributed by atoms with E-state index in [1.165, 1.54) is 41.0 Å². The molecule has 0 atom stereocenters. The van der Waals surface area contributed by atoms with E-state index in [9.17, 15) is 0 Å². The van der Waals surface area contributed by atoms with Gasteiger partial charge in [0.05, 0.1) is 6.61 Å². The third-order valence-electron chi connectivity index (χ3n) is 8.38. The average molecular weight is 559 g/mol. The molecule has 0 amide bonds. The van der Waals surface area contributed by atoms with Crippen LogP contribution in [0.4, 0.5) is 0 Å². The van der Waals surface area contributed by atoms with Gasteiger partial charge in [0, 0.05) is 34.8 Å². The number of hydrogen-bond donors (Lipinski definition) is 0. The fourth-order valence-corrected chi connectivity index (χ4v) is 6.15. The number of aryl methyl sites for hydroxylation is 1. The first kappa shape index (κ1) is 26.9. The minimum atomic E-state index is 0.760. The van der Waals surface area contributed by atoms with Crippen molar-refractivity contribution in [3.05, 3.63) is 78.4 Å². The molecule has 2 aromatic heterocycles. The van der Waals surface area contributed by atoms with Crippen LogP contribution in [0.2, 0.25) is 0 Å². The van der Waals surface area contributed by atoms with Crippen molar-refractivity contribution in [3.63, 3.8) is 0 Å². The van der Waals surface area contributed by atoms with Gasteiger partial charge < -0.3 is 18.3 Å². The van der Waals surface area contributed by atoms with Gasteiger partial charge in [-0.25, -0.2) is 0 Å². The van der Waals surface area contributed by atoms with Crippen LogP contribution in [0.15, 0.2) is 81.6 Å². The van der Waals surface area contributed by atoms with Crippen LogP contribution in [0.1, 0.15) is 57.9 Å². The fourth-order valence-electron chi connectivity index (χ4n) is 6.15. The Balaban J connectivity index is 1.20. The minimum absolute atomic E-state index is 0.760. The van der Waals surface area contributed by atoms with Crippen LogP contribution in [0, 0.1) is 0 Å². The van der Waals surface area contributed by atoms with E-state index in [2.05, 4.69) is 86.6 Å². The number of fused-ring (bicyclic) bond motifs is 8. The lowest BCUT2D eigenvalue weighted by molar-refractivity contribution is 0.132. The highest BCUT2D eigenvalue weighted by molar-refractivity contribution is 6.18. The maximum absolute atomic E-state index is 6.44. The summed E-state index contributed by atoms with van der Waals surface area (Å²) in [4.78, 5) is 0. The molecule has 0 unspecified atom stereocenters. The Morgan fingerprint density at radius 1 is 0.500 bits per heavy atom. The summed E-state index contributed by atoms with van der Waals surface area (Å²) in [7, 11) is 0. The number of ether oxygens (including phenoxy) is 2. The number of furan rings is 2. The summed E-state index contributed by atoms with van der Waals surface area (Å²) in [5.41, 5.74) is 4.89. The highest BCUT2D eigenvalue weighted by Gasteiger charge is 2.15. The molecule has 0 aliphatic heterocycles. The monoisotopic (exact) mass is 558 g/mol. The van der Waals surface area contributed by atoms with Crippen molar-refractivity contribution in [2.75, 3.05) is 19.8 Å². The van der Waals surface area contributed by atoms with Crippen molar-refractivity contribution in [1.29, 1.82) is 0 Å². The number of hydrogen-bond acceptors (Lipinski definition) is 4. The predicted octanol–water partition coefficient (Wildman–Crippen LogP) is 11.1. The SMILES string of the molecule is CCCCCCOc1ccc2cc3c(cc2c1)oc1cc2c(cc13)oc1cc3cc(CCCOCCC)ccc3cc12. The Bertz CT molecular complexity index is 1880. The van der Waals surface area contributed by atoms with Crippen LogP contribution in [0.3, 0.4) is 0 Å². The predicted molar refractivity (Wildman–Crippen MR) is 175 cm³/mol. The molecule has 0 spiro atoms. The van der Waals surface area contributed by atoms with Gasteiger partial charge in [0.15, 0.2) is 0 Å². The Hall–Kier alpha value is -4.02. The van der Waals surface area contributed by atoms with Crippen molar-refractivity contribution in [1.82, 2.24) is 0 Å². The molecule has 7 aromatic rings. The van der Waals surface area contributed by atoms with E-state index in [-0.39, 0.29) is 0 Å². The molecular formula is C38H38O4. The molecule has 4 heteroatoms. The van der Waals surface area contributed by atoms with E-state index in [1.54, 1.807) is 0 Å². The van der Waals surface area contributed by atoms with Gasteiger partial charge in [-0.1, -0.05) is 57.4 Å². The van der Waals surface area contributed by atoms with E-state index >= 15 is 0 Å². The molecule has 0 aliphatic rings. The Morgan fingerprint density at radius 2 is 1.14 bits per heavy atom. The lowest BCUT2D eigenvalue weighted by Gasteiger charge is -2.07. The quantitative estimate of drug-likeness (QED) is 0.140. The third-order valence-corrected chi connectivity index (χ3v) is 8.38. The van der Waals surface area contributed by atoms with Crippen LogP contribution in [-0.4, -0.2) is 19.8 Å². The highest BCUT2D eigenvalue weighted by Crippen LogP contribution is 2.39. The van der Waals surface area contributed by atoms with Crippen LogP contribution in [0.25, 0.3) is 65.4 Å². The topological polar surface area (TPSA) is 44.7 Å². The largest absolute Gasteiger partial charge is 0.494 e. The molecule has 0 radical (unpaired) electrons. The second-order valence-electron chi connectivity index (χ2n) is 11.6. The maximum Gasteiger partial charge on any atom is 0.136 e. The number of rotatable bonds is 12. The Morgan fingerprint density at radius 3 is 1.83 bits per heavy atom. The molecular weight excluding hydrogens is 520 g/mol. The van der Waals surface area contributed by atoms with E-state index in [1.807, 2.05) is 0 Å². The van der Waals surface area contributed by atoms with E-state index in [0.717, 1.165) is 101 Å². The summed E-state index contributed by atoms with van der Waals surface area (Å²) in [6, 6.07) is 26.2. The van der Waals surface area contributed by atoms with Gasteiger partial charge >= 0.3 is 0 Å². The molecule has 4 nitrogen and oxygen atoms in total. The standard InChI is InChI=1S/C38H38O4/c1-3-5-6-7-16-40-30-13-12-27-20-32-34-24-37-33(23-38(34)42-36(32)22-29(27)18-30)31-19-26-11-10-25(9-8-15-39-14-4-2)17-28(26)21-35(31)41-37/h10-13,17-24H,3-9,14-16H2,1-2H3. The molecule has 5 aromatic carbocycles. The smallest absolute Gasteiger partial charge is 0.136 e. The summed E-state index contributed by atoms with van der Waals surface area (Å²) in [5, 5.41) is 9.10. The average Bonchev–Trinajstić information content (AvgIpc) is 3.53. The van der Waals surface area contributed by atoms with Crippen molar-refractivity contribution in [2.24, 2.45) is 0 Å². The van der Waals surface area contributed by atoms with Crippen LogP contribution < -0.4 is 4.74 Å². The van der Waals surface area contributed by atoms with Crippen molar-refractivity contribution in [2.45, 2.75) is 58.8 Å². The van der Waals surface area contributed by atoms with Crippen LogP contribution >= 0.6 is 0 Å². The van der Waals surface area contributed by atoms with Crippen molar-refractivity contribution in [3.8, 4) is 5.75 Å². The van der Waals surface area contributed by atoms with Gasteiger partial charge in [-0.2, -0.15) is 0 Å². The summed E-state index contributed by atoms with van der Waals surface area (Å²) < 4.78 is 24.6. The molecule has 0 saturated carbocycles. The van der Waals surface area contributed by atoms with Gasteiger partial charge in [-0.05, 0) is 101 Å². The summed E-state index contributed by atoms with van der Waals surface area (Å²) in [6.45, 7) is 6.79. The van der Waals surface area contributed by atoms with Crippen LogP contribution in [-0.2, 0) is 11.2 Å². The van der Waals surface area contributed by atoms with Crippen LogP contribution in [0.5, 0.6) is 5.75 Å². The first-order valence-electron chi connectivity index (χ1n) is 15.6. The van der Waals surface area contributed by atoms with E-state index in [0.29, 0.717) is 0 Å². The zero-order valence-corrected chi connectivity index (χ0v) is 24.6. The molecule has 7 rings (SSSR count). The molecule has 214 valence electrons. The molecule has 0 saturated heterocycles. The van der Waals surface area contributed by atoms with Gasteiger partial charge in [0.1, 0.15) is 28.1 Å². The highest BCUT2D eigenvalue weighted by atomic mass is 16.5. The lowest BCUT2D eigenvalue weighted by Crippen LogP contribution is -1.97. The minimum Gasteiger partial charge on any atom is -0.494 e. The normalized spacial score (nSPS) is 12.1. The molecule has 0 aliphatic carbocycles. The second-order valence-corrected chi connectivity index (χ2v) is 11.6. The van der Waals surface area contributed by atoms with Gasteiger partial charge in [-0.3, -0.25) is 0 Å². The summed E-state index contributed by atoms with van der Waals surface area (Å²) >= 11 is 0. The first-order chi connectivity index (χ1) is 20.7. The fraction of sp³-hybridized carbons (Fsp3) is 0.316. The van der Waals surface area contributed by atoms with Gasteiger partial charge in [0.2, 0.25) is 0 Å². The van der Waals surface area contributed by atoms with Crippen molar-refractivity contribution >= 4 is 65.4 Å². The van der Waals surface area contributed by atoms with Gasteiger partial charge in [-0.15, -0.1) is 0 Å². The Labute approximate surface area is 246 Å². The van der Waals surface area contributed by atoms with E-state index < -0.39 is 0 Å². The zero-order chi connectivity index (χ0) is 28.5. The number of unbranched alkanes of at least 4 members (excludes halogenated alkanes) is 3. The molecule has 42 heavy (non-hydrogen) atoms. The zero-order valence-electron chi connectivity index (χ0n) is 24.6. The second kappa shape index (κ2) is 11.7. The number of benzene rings is 5. The Kier molecular flexibility index (Phi) is 7.48. The van der Waals surface area contributed by atoms with Crippen molar-refractivity contribution < 1.29 is 18.3 Å². The molecule has 0 fully saturated rings. The molecule has 0 bridgehead atoms. The van der Waals surface area contributed by atoms with Gasteiger partial charge in [0.25, 0.3) is 0 Å². The molecule has 0 N–H and O–H groups in total. The summed E-state index contributed by atoms with van der Waals surface area (Å²) in [6.07, 6.45) is 7.93. The third kappa shape index (κ3) is 5.20. The first-order valence-corrected chi connectivity index (χ1v) is 15.6. The summed E-state index contributed by atoms with van der Waals surface area (Å²) in [5.74, 6) is 0.916. The lowest BCUT2D eigenvalue weighted by atomic mass is 10.0. The van der Waals surface area contributed by atoms with E-state index in [4.69, 9.17) is 18.3 Å².